The number of carbonyl (C=O) groups is 1. The van der Waals surface area contributed by atoms with E-state index in [1.165, 1.54) is 18.5 Å². The van der Waals surface area contributed by atoms with Gasteiger partial charge in [-0.05, 0) is 24.3 Å². The first-order valence-electron chi connectivity index (χ1n) is 4.68. The maximum atomic E-state index is 10.2. The zero-order valence-corrected chi connectivity index (χ0v) is 8.58. The second kappa shape index (κ2) is 7.00. The van der Waals surface area contributed by atoms with Crippen molar-refractivity contribution in [2.75, 3.05) is 0 Å². The van der Waals surface area contributed by atoms with Crippen molar-refractivity contribution < 1.29 is 9.90 Å². The van der Waals surface area contributed by atoms with Crippen molar-refractivity contribution in [3.05, 3.63) is 66.8 Å². The maximum Gasteiger partial charge on any atom is 0.337 e. The van der Waals surface area contributed by atoms with Crippen LogP contribution in [0.1, 0.15) is 10.4 Å². The molecule has 0 fully saturated rings. The van der Waals surface area contributed by atoms with Gasteiger partial charge >= 0.3 is 5.97 Å². The first-order chi connectivity index (χ1) is 7.80. The molecule has 0 spiro atoms. The largest absolute Gasteiger partial charge is 0.478 e. The van der Waals surface area contributed by atoms with Crippen molar-refractivity contribution in [2.24, 2.45) is 0 Å². The van der Waals surface area contributed by atoms with Crippen molar-refractivity contribution in [2.45, 2.75) is 0 Å². The summed E-state index contributed by atoms with van der Waals surface area (Å²) in [5, 5.41) is 11.3. The minimum atomic E-state index is -0.942. The lowest BCUT2D eigenvalue weighted by Crippen LogP contribution is -1.94. The van der Waals surface area contributed by atoms with Crippen molar-refractivity contribution in [3.8, 4) is 0 Å². The van der Waals surface area contributed by atoms with Crippen LogP contribution in [0.4, 0.5) is 0 Å². The average Bonchev–Trinajstić information content (AvgIpc) is 2.63. The van der Waals surface area contributed by atoms with E-state index >= 15 is 0 Å². The molecule has 0 aliphatic carbocycles. The van der Waals surface area contributed by atoms with Crippen molar-refractivity contribution >= 4 is 5.97 Å². The Kier molecular flexibility index (Phi) is 5.13. The van der Waals surface area contributed by atoms with Crippen LogP contribution in [-0.2, 0) is 0 Å². The van der Waals surface area contributed by atoms with E-state index in [4.69, 9.17) is 5.11 Å². The van der Waals surface area contributed by atoms with Crippen LogP contribution in [0.3, 0.4) is 0 Å². The summed E-state index contributed by atoms with van der Waals surface area (Å²) in [6.45, 7) is 0. The van der Waals surface area contributed by atoms with Gasteiger partial charge in [-0.2, -0.15) is 0 Å². The molecule has 1 aliphatic heterocycles. The summed E-state index contributed by atoms with van der Waals surface area (Å²) in [5.74, 6) is -0.942. The number of nitrogens with zero attached hydrogens (tertiary/aromatic N) is 1. The van der Waals surface area contributed by atoms with Crippen LogP contribution in [-0.4, -0.2) is 16.1 Å². The second-order valence-corrected chi connectivity index (χ2v) is 2.82. The molecule has 1 aromatic rings. The lowest BCUT2D eigenvalue weighted by Gasteiger charge is -1.87. The first-order valence-corrected chi connectivity index (χ1v) is 4.68. The quantitative estimate of drug-likeness (QED) is 0.753. The monoisotopic (exact) mass is 216 g/mol. The van der Waals surface area contributed by atoms with Crippen LogP contribution in [0.2, 0.25) is 0 Å². The van der Waals surface area contributed by atoms with Gasteiger partial charge in [0.05, 0.1) is 5.56 Å². The Hall–Kier alpha value is -2.36. The molecule has 16 heavy (non-hydrogen) atoms. The maximum absolute atomic E-state index is 10.2. The van der Waals surface area contributed by atoms with Crippen LogP contribution in [0.25, 0.3) is 0 Å². The van der Waals surface area contributed by atoms with E-state index in [0.29, 0.717) is 0 Å². The molecule has 2 N–H and O–H groups in total. The molecule has 0 amide bonds. The van der Waals surface area contributed by atoms with Gasteiger partial charge in [-0.3, -0.25) is 4.98 Å². The molecule has 0 atom stereocenters. The van der Waals surface area contributed by atoms with Gasteiger partial charge in [0.1, 0.15) is 0 Å². The summed E-state index contributed by atoms with van der Waals surface area (Å²) < 4.78 is 0. The molecule has 0 saturated heterocycles. The van der Waals surface area contributed by atoms with Crippen LogP contribution in [0, 0.1) is 0 Å². The molecule has 82 valence electrons. The smallest absolute Gasteiger partial charge is 0.337 e. The van der Waals surface area contributed by atoms with Gasteiger partial charge in [0.2, 0.25) is 0 Å². The third kappa shape index (κ3) is 4.76. The Morgan fingerprint density at radius 1 is 1.19 bits per heavy atom. The number of hydrogen-bond donors (Lipinski definition) is 2. The first kappa shape index (κ1) is 11.7. The van der Waals surface area contributed by atoms with Crippen LogP contribution in [0.15, 0.2) is 61.2 Å². The summed E-state index contributed by atoms with van der Waals surface area (Å²) >= 11 is 0. The molecule has 0 aromatic carbocycles. The van der Waals surface area contributed by atoms with E-state index in [0.717, 1.165) is 0 Å². The molecule has 4 heteroatoms. The van der Waals surface area contributed by atoms with Crippen LogP contribution < -0.4 is 5.32 Å². The van der Waals surface area contributed by atoms with E-state index in [1.54, 1.807) is 6.07 Å². The highest BCUT2D eigenvalue weighted by molar-refractivity contribution is 5.86. The fraction of sp³-hybridized carbons (Fsp3) is 0. The van der Waals surface area contributed by atoms with Crippen LogP contribution in [0.5, 0.6) is 0 Å². The molecular weight excluding hydrogens is 204 g/mol. The van der Waals surface area contributed by atoms with Gasteiger partial charge in [0, 0.05) is 24.8 Å². The second-order valence-electron chi connectivity index (χ2n) is 2.82. The van der Waals surface area contributed by atoms with E-state index in [2.05, 4.69) is 10.3 Å². The number of aromatic carboxylic acids is 1. The minimum Gasteiger partial charge on any atom is -0.478 e. The molecule has 4 nitrogen and oxygen atoms in total. The predicted octanol–water partition coefficient (Wildman–Crippen LogP) is 1.95. The number of rotatable bonds is 1. The Morgan fingerprint density at radius 3 is 2.31 bits per heavy atom. The highest BCUT2D eigenvalue weighted by Gasteiger charge is 1.97. The lowest BCUT2D eigenvalue weighted by atomic mass is 10.3. The number of nitrogens with one attached hydrogen (secondary N) is 1. The van der Waals surface area contributed by atoms with Crippen molar-refractivity contribution in [3.63, 3.8) is 0 Å². The summed E-state index contributed by atoms with van der Waals surface area (Å²) in [5.41, 5.74) is 0.220. The summed E-state index contributed by atoms with van der Waals surface area (Å²) in [7, 11) is 0. The Balaban J connectivity index is 0.000000165. The van der Waals surface area contributed by atoms with Crippen molar-refractivity contribution in [1.29, 1.82) is 0 Å². The molecular formula is C12H12N2O2. The fourth-order valence-corrected chi connectivity index (χ4v) is 0.895. The molecule has 0 saturated carbocycles. The zero-order valence-electron chi connectivity index (χ0n) is 8.58. The molecule has 1 aromatic heterocycles. The highest BCUT2D eigenvalue weighted by atomic mass is 16.4. The SMILES string of the molecule is C1=CC=CNC=C1.O=C(O)c1cccnc1. The predicted molar refractivity (Wildman–Crippen MR) is 61.8 cm³/mol. The topological polar surface area (TPSA) is 62.2 Å². The zero-order chi connectivity index (χ0) is 11.6. The summed E-state index contributed by atoms with van der Waals surface area (Å²) in [4.78, 5) is 13.8. The third-order valence-electron chi connectivity index (χ3n) is 1.63. The standard InChI is InChI=1S/C6H5NO2.C6H7N/c8-6(9)5-2-1-3-7-4-5;1-2-4-6-7-5-3-1/h1-4H,(H,8,9);1-7H. The van der Waals surface area contributed by atoms with E-state index < -0.39 is 5.97 Å². The average molecular weight is 216 g/mol. The van der Waals surface area contributed by atoms with Gasteiger partial charge in [-0.15, -0.1) is 0 Å². The Bertz CT molecular complexity index is 394. The van der Waals surface area contributed by atoms with Gasteiger partial charge < -0.3 is 10.4 Å². The fourth-order valence-electron chi connectivity index (χ4n) is 0.895. The number of carboxylic acid groups (broad SMARTS) is 1. The Morgan fingerprint density at radius 2 is 1.88 bits per heavy atom. The normalized spacial score (nSPS) is 12.0. The highest BCUT2D eigenvalue weighted by Crippen LogP contribution is 1.92. The number of aromatic nitrogens is 1. The van der Waals surface area contributed by atoms with Gasteiger partial charge in [-0.25, -0.2) is 4.79 Å². The molecule has 1 aliphatic rings. The van der Waals surface area contributed by atoms with E-state index in [-0.39, 0.29) is 5.56 Å². The lowest BCUT2D eigenvalue weighted by molar-refractivity contribution is 0.0696. The number of carboxylic acids is 1. The third-order valence-corrected chi connectivity index (χ3v) is 1.63. The summed E-state index contributed by atoms with van der Waals surface area (Å²) in [6, 6.07) is 3.08. The van der Waals surface area contributed by atoms with Crippen molar-refractivity contribution in [1.82, 2.24) is 10.3 Å². The molecule has 0 unspecified atom stereocenters. The van der Waals surface area contributed by atoms with Gasteiger partial charge in [0.25, 0.3) is 0 Å². The number of pyridine rings is 1. The van der Waals surface area contributed by atoms with Crippen LogP contribution >= 0.6 is 0 Å². The van der Waals surface area contributed by atoms with Gasteiger partial charge in [0.15, 0.2) is 0 Å². The molecule has 0 radical (unpaired) electrons. The molecule has 0 bridgehead atoms. The summed E-state index contributed by atoms with van der Waals surface area (Å²) in [6.07, 6.45) is 14.4. The van der Waals surface area contributed by atoms with Gasteiger partial charge in [-0.1, -0.05) is 12.2 Å². The Labute approximate surface area is 93.6 Å². The van der Waals surface area contributed by atoms with E-state index in [9.17, 15) is 4.79 Å². The minimum absolute atomic E-state index is 0.220. The molecule has 2 rings (SSSR count). The van der Waals surface area contributed by atoms with E-state index in [1.807, 2.05) is 36.7 Å². The number of allylic oxidation sites excluding steroid dienone is 4. The molecule has 2 heterocycles. The number of hydrogen-bond acceptors (Lipinski definition) is 3.